The van der Waals surface area contributed by atoms with Crippen molar-refractivity contribution < 1.29 is 14.6 Å². The van der Waals surface area contributed by atoms with Crippen molar-refractivity contribution in [2.24, 2.45) is 0 Å². The Morgan fingerprint density at radius 1 is 1.24 bits per heavy atom. The summed E-state index contributed by atoms with van der Waals surface area (Å²) in [7, 11) is 0. The molecule has 4 rings (SSSR count). The molecule has 2 N–H and O–H groups in total. The highest BCUT2D eigenvalue weighted by atomic mass is 16.5. The van der Waals surface area contributed by atoms with E-state index in [1.807, 2.05) is 6.07 Å². The topological polar surface area (TPSA) is 87.6 Å². The SMILES string of the molecule is O=C(O)CCCN1CCCC(Oc2cc(NC3Cc4ccccc4C3)ncn2)C1. The Kier molecular flexibility index (Phi) is 6.24. The van der Waals surface area contributed by atoms with Crippen molar-refractivity contribution in [1.82, 2.24) is 14.9 Å². The van der Waals surface area contributed by atoms with Gasteiger partial charge >= 0.3 is 5.97 Å². The fraction of sp³-hybridized carbons (Fsp3) is 0.500. The summed E-state index contributed by atoms with van der Waals surface area (Å²) in [5, 5.41) is 12.3. The van der Waals surface area contributed by atoms with Crippen LogP contribution in [0.2, 0.25) is 0 Å². The molecule has 1 aromatic heterocycles. The Balaban J connectivity index is 1.29. The van der Waals surface area contributed by atoms with E-state index in [4.69, 9.17) is 9.84 Å². The lowest BCUT2D eigenvalue weighted by atomic mass is 10.1. The van der Waals surface area contributed by atoms with Gasteiger partial charge in [0.2, 0.25) is 5.88 Å². The molecule has 1 fully saturated rings. The van der Waals surface area contributed by atoms with E-state index in [0.717, 1.165) is 51.1 Å². The molecule has 154 valence electrons. The summed E-state index contributed by atoms with van der Waals surface area (Å²) in [4.78, 5) is 21.6. The second-order valence-corrected chi connectivity index (χ2v) is 7.94. The number of ether oxygens (including phenoxy) is 1. The highest BCUT2D eigenvalue weighted by Crippen LogP contribution is 2.25. The molecule has 0 spiro atoms. The molecule has 1 saturated heterocycles. The zero-order valence-electron chi connectivity index (χ0n) is 16.6. The lowest BCUT2D eigenvalue weighted by Crippen LogP contribution is -2.41. The molecule has 2 heterocycles. The summed E-state index contributed by atoms with van der Waals surface area (Å²) >= 11 is 0. The molecule has 1 atom stereocenters. The highest BCUT2D eigenvalue weighted by molar-refractivity contribution is 5.66. The van der Waals surface area contributed by atoms with E-state index in [0.29, 0.717) is 18.3 Å². The fourth-order valence-electron chi connectivity index (χ4n) is 4.29. The average molecular weight is 396 g/mol. The van der Waals surface area contributed by atoms with Crippen LogP contribution >= 0.6 is 0 Å². The summed E-state index contributed by atoms with van der Waals surface area (Å²) in [6.45, 7) is 2.60. The average Bonchev–Trinajstić information content (AvgIpc) is 3.10. The molecule has 1 unspecified atom stereocenters. The number of aromatic nitrogens is 2. The number of nitrogens with one attached hydrogen (secondary N) is 1. The van der Waals surface area contributed by atoms with Gasteiger partial charge in [-0.1, -0.05) is 24.3 Å². The molecule has 0 radical (unpaired) electrons. The van der Waals surface area contributed by atoms with Crippen molar-refractivity contribution in [3.05, 3.63) is 47.8 Å². The molecule has 29 heavy (non-hydrogen) atoms. The molecule has 2 aliphatic rings. The highest BCUT2D eigenvalue weighted by Gasteiger charge is 2.23. The van der Waals surface area contributed by atoms with Gasteiger partial charge in [0.05, 0.1) is 0 Å². The van der Waals surface area contributed by atoms with Gasteiger partial charge in [0.25, 0.3) is 0 Å². The van der Waals surface area contributed by atoms with Crippen LogP contribution < -0.4 is 10.1 Å². The Bertz CT molecular complexity index is 819. The largest absolute Gasteiger partial charge is 0.481 e. The first-order chi connectivity index (χ1) is 14.2. The number of likely N-dealkylation sites (tertiary alicyclic amines) is 1. The number of nitrogens with zero attached hydrogens (tertiary/aromatic N) is 3. The maximum Gasteiger partial charge on any atom is 0.303 e. The quantitative estimate of drug-likeness (QED) is 0.709. The number of hydrogen-bond donors (Lipinski definition) is 2. The third kappa shape index (κ3) is 5.44. The first-order valence-corrected chi connectivity index (χ1v) is 10.4. The normalized spacial score (nSPS) is 19.7. The van der Waals surface area contributed by atoms with Crippen LogP contribution in [0.15, 0.2) is 36.7 Å². The van der Waals surface area contributed by atoms with E-state index in [1.54, 1.807) is 6.33 Å². The maximum absolute atomic E-state index is 10.7. The number of fused-ring (bicyclic) bond motifs is 1. The monoisotopic (exact) mass is 396 g/mol. The van der Waals surface area contributed by atoms with Crippen molar-refractivity contribution in [2.45, 2.75) is 50.7 Å². The zero-order valence-corrected chi connectivity index (χ0v) is 16.6. The standard InChI is InChI=1S/C22H28N4O3/c27-22(28)8-4-10-26-9-3-7-19(14-26)29-21-13-20(23-15-24-21)25-18-11-16-5-1-2-6-17(16)12-18/h1-2,5-6,13,15,18-19H,3-4,7-12,14H2,(H,27,28)(H,23,24,25). The molecular weight excluding hydrogens is 368 g/mol. The van der Waals surface area contributed by atoms with Gasteiger partial charge in [0, 0.05) is 25.1 Å². The Labute approximate surface area is 171 Å². The number of rotatable bonds is 8. The molecule has 7 heteroatoms. The second kappa shape index (κ2) is 9.22. The minimum atomic E-state index is -0.735. The minimum Gasteiger partial charge on any atom is -0.481 e. The summed E-state index contributed by atoms with van der Waals surface area (Å²) in [6, 6.07) is 10.8. The van der Waals surface area contributed by atoms with Crippen LogP contribution in [0, 0.1) is 0 Å². The number of piperidine rings is 1. The second-order valence-electron chi connectivity index (χ2n) is 7.94. The third-order valence-corrected chi connectivity index (χ3v) is 5.66. The van der Waals surface area contributed by atoms with Crippen LogP contribution in [0.5, 0.6) is 5.88 Å². The molecule has 2 aromatic rings. The number of carboxylic acid groups (broad SMARTS) is 1. The van der Waals surface area contributed by atoms with E-state index >= 15 is 0 Å². The predicted molar refractivity (Wildman–Crippen MR) is 110 cm³/mol. The summed E-state index contributed by atoms with van der Waals surface area (Å²) in [6.07, 6.45) is 6.56. The molecule has 7 nitrogen and oxygen atoms in total. The summed E-state index contributed by atoms with van der Waals surface area (Å²) in [5.41, 5.74) is 2.81. The molecule has 1 aliphatic carbocycles. The van der Waals surface area contributed by atoms with Crippen molar-refractivity contribution in [2.75, 3.05) is 25.0 Å². The Hall–Kier alpha value is -2.67. The van der Waals surface area contributed by atoms with Gasteiger partial charge in [-0.25, -0.2) is 9.97 Å². The molecule has 1 aliphatic heterocycles. The Morgan fingerprint density at radius 2 is 2.03 bits per heavy atom. The van der Waals surface area contributed by atoms with Gasteiger partial charge < -0.3 is 15.2 Å². The number of benzene rings is 1. The lowest BCUT2D eigenvalue weighted by Gasteiger charge is -2.32. The number of carboxylic acids is 1. The van der Waals surface area contributed by atoms with Gasteiger partial charge in [0.1, 0.15) is 18.2 Å². The van der Waals surface area contributed by atoms with Crippen LogP contribution in [0.25, 0.3) is 0 Å². The maximum atomic E-state index is 10.7. The van der Waals surface area contributed by atoms with E-state index in [9.17, 15) is 4.79 Å². The smallest absolute Gasteiger partial charge is 0.303 e. The van der Waals surface area contributed by atoms with Crippen molar-refractivity contribution in [1.29, 1.82) is 0 Å². The number of anilines is 1. The van der Waals surface area contributed by atoms with E-state index in [-0.39, 0.29) is 12.5 Å². The molecule has 0 bridgehead atoms. The summed E-state index contributed by atoms with van der Waals surface area (Å²) < 4.78 is 6.13. The predicted octanol–water partition coefficient (Wildman–Crippen LogP) is 2.76. The summed E-state index contributed by atoms with van der Waals surface area (Å²) in [5.74, 6) is 0.651. The first-order valence-electron chi connectivity index (χ1n) is 10.4. The van der Waals surface area contributed by atoms with Gasteiger partial charge in [-0.05, 0) is 56.3 Å². The number of hydrogen-bond acceptors (Lipinski definition) is 6. The molecule has 0 saturated carbocycles. The van der Waals surface area contributed by atoms with E-state index in [2.05, 4.69) is 44.5 Å². The zero-order chi connectivity index (χ0) is 20.1. The first kappa shape index (κ1) is 19.6. The lowest BCUT2D eigenvalue weighted by molar-refractivity contribution is -0.137. The fourth-order valence-corrected chi connectivity index (χ4v) is 4.29. The van der Waals surface area contributed by atoms with Gasteiger partial charge in [0.15, 0.2) is 0 Å². The molecular formula is C22H28N4O3. The molecule has 0 amide bonds. The molecule has 1 aromatic carbocycles. The van der Waals surface area contributed by atoms with E-state index < -0.39 is 5.97 Å². The van der Waals surface area contributed by atoms with Crippen molar-refractivity contribution in [3.63, 3.8) is 0 Å². The van der Waals surface area contributed by atoms with Crippen LogP contribution in [0.1, 0.15) is 36.8 Å². The number of carbonyl (C=O) groups is 1. The number of aliphatic carboxylic acids is 1. The van der Waals surface area contributed by atoms with Gasteiger partial charge in [-0.15, -0.1) is 0 Å². The van der Waals surface area contributed by atoms with E-state index in [1.165, 1.54) is 11.1 Å². The third-order valence-electron chi connectivity index (χ3n) is 5.66. The van der Waals surface area contributed by atoms with Crippen molar-refractivity contribution >= 4 is 11.8 Å². The van der Waals surface area contributed by atoms with Crippen LogP contribution in [0.3, 0.4) is 0 Å². The van der Waals surface area contributed by atoms with Gasteiger partial charge in [-0.3, -0.25) is 9.69 Å². The van der Waals surface area contributed by atoms with Gasteiger partial charge in [-0.2, -0.15) is 0 Å². The van der Waals surface area contributed by atoms with Crippen LogP contribution in [0.4, 0.5) is 5.82 Å². The van der Waals surface area contributed by atoms with Crippen molar-refractivity contribution in [3.8, 4) is 5.88 Å². The van der Waals surface area contributed by atoms with Crippen LogP contribution in [-0.2, 0) is 17.6 Å². The minimum absolute atomic E-state index is 0.0760. The Morgan fingerprint density at radius 3 is 2.79 bits per heavy atom. The van der Waals surface area contributed by atoms with Crippen LogP contribution in [-0.4, -0.2) is 57.7 Å².